The highest BCUT2D eigenvalue weighted by Crippen LogP contribution is 2.34. The Morgan fingerprint density at radius 3 is 2.00 bits per heavy atom. The Bertz CT molecular complexity index is 935. The van der Waals surface area contributed by atoms with Crippen molar-refractivity contribution in [2.75, 3.05) is 0 Å². The zero-order valence-corrected chi connectivity index (χ0v) is 13.4. The van der Waals surface area contributed by atoms with Crippen molar-refractivity contribution >= 4 is 33.4 Å². The number of nitrogens with zero attached hydrogens (tertiary/aromatic N) is 1. The smallest absolute Gasteiger partial charge is 0.0542 e. The van der Waals surface area contributed by atoms with E-state index in [-0.39, 0.29) is 0 Å². The molecule has 0 bridgehead atoms. The van der Waals surface area contributed by atoms with Gasteiger partial charge in [-0.3, -0.25) is 0 Å². The van der Waals surface area contributed by atoms with Crippen molar-refractivity contribution in [2.24, 2.45) is 0 Å². The third-order valence-corrected chi connectivity index (χ3v) is 4.41. The first-order chi connectivity index (χ1) is 10.6. The molecule has 3 aromatic carbocycles. The molecular weight excluding hydrogens is 290 g/mol. The maximum Gasteiger partial charge on any atom is 0.0542 e. The summed E-state index contributed by atoms with van der Waals surface area (Å²) in [5, 5.41) is 3.22. The molecule has 1 heterocycles. The van der Waals surface area contributed by atoms with E-state index >= 15 is 0 Å². The van der Waals surface area contributed by atoms with Crippen LogP contribution >= 0.6 is 11.6 Å². The van der Waals surface area contributed by atoms with E-state index in [2.05, 4.69) is 73.0 Å². The molecule has 0 spiro atoms. The molecule has 0 saturated carbocycles. The van der Waals surface area contributed by atoms with Crippen molar-refractivity contribution in [3.63, 3.8) is 0 Å². The fourth-order valence-corrected chi connectivity index (χ4v) is 3.25. The second kappa shape index (κ2) is 4.89. The Balaban J connectivity index is 2.17. The Kier molecular flexibility index (Phi) is 2.98. The van der Waals surface area contributed by atoms with Gasteiger partial charge in [-0.25, -0.2) is 0 Å². The maximum absolute atomic E-state index is 6.23. The molecule has 0 saturated heterocycles. The minimum atomic E-state index is 0.775. The van der Waals surface area contributed by atoms with E-state index in [4.69, 9.17) is 11.6 Å². The van der Waals surface area contributed by atoms with E-state index in [1.165, 1.54) is 38.6 Å². The van der Waals surface area contributed by atoms with Gasteiger partial charge in [0.1, 0.15) is 0 Å². The van der Waals surface area contributed by atoms with Crippen LogP contribution < -0.4 is 0 Å². The summed E-state index contributed by atoms with van der Waals surface area (Å²) in [7, 11) is 0. The van der Waals surface area contributed by atoms with E-state index in [1.54, 1.807) is 0 Å². The first-order valence-electron chi connectivity index (χ1n) is 7.41. The first kappa shape index (κ1) is 13.4. The van der Waals surface area contributed by atoms with Crippen LogP contribution in [0, 0.1) is 13.8 Å². The number of hydrogen-bond acceptors (Lipinski definition) is 0. The highest BCUT2D eigenvalue weighted by atomic mass is 35.5. The number of fused-ring (bicyclic) bond motifs is 3. The quantitative estimate of drug-likeness (QED) is 0.403. The van der Waals surface area contributed by atoms with Crippen LogP contribution in [-0.2, 0) is 0 Å². The second-order valence-corrected chi connectivity index (χ2v) is 6.29. The monoisotopic (exact) mass is 305 g/mol. The second-order valence-electron chi connectivity index (χ2n) is 5.85. The SMILES string of the molecule is Cc1ccc(-n2c3ccc(C)cc3c3cc(Cl)ccc32)cc1. The molecule has 22 heavy (non-hydrogen) atoms. The van der Waals surface area contributed by atoms with Gasteiger partial charge in [0, 0.05) is 21.5 Å². The van der Waals surface area contributed by atoms with Crippen LogP contribution in [-0.4, -0.2) is 4.57 Å². The van der Waals surface area contributed by atoms with Crippen molar-refractivity contribution in [3.05, 3.63) is 76.8 Å². The van der Waals surface area contributed by atoms with E-state index in [9.17, 15) is 0 Å². The molecule has 1 nitrogen and oxygen atoms in total. The van der Waals surface area contributed by atoms with Crippen molar-refractivity contribution in [3.8, 4) is 5.69 Å². The van der Waals surface area contributed by atoms with Gasteiger partial charge in [0.25, 0.3) is 0 Å². The number of benzene rings is 3. The standard InChI is InChI=1S/C20H16ClN/c1-13-3-7-16(8-4-13)22-19-9-5-14(2)11-17(19)18-12-15(21)6-10-20(18)22/h3-12H,1-2H3. The average molecular weight is 306 g/mol. The molecule has 1 aromatic heterocycles. The van der Waals surface area contributed by atoms with E-state index in [1.807, 2.05) is 6.07 Å². The Morgan fingerprint density at radius 1 is 0.682 bits per heavy atom. The van der Waals surface area contributed by atoms with Crippen LogP contribution in [0.4, 0.5) is 0 Å². The van der Waals surface area contributed by atoms with Gasteiger partial charge < -0.3 is 4.57 Å². The molecule has 2 heteroatoms. The largest absolute Gasteiger partial charge is 0.309 e. The van der Waals surface area contributed by atoms with Crippen LogP contribution in [0.25, 0.3) is 27.5 Å². The van der Waals surface area contributed by atoms with Gasteiger partial charge in [-0.15, -0.1) is 0 Å². The summed E-state index contributed by atoms with van der Waals surface area (Å²) in [4.78, 5) is 0. The number of aryl methyl sites for hydroxylation is 2. The van der Waals surface area contributed by atoms with Crippen LogP contribution in [0.2, 0.25) is 5.02 Å². The molecular formula is C20H16ClN. The summed E-state index contributed by atoms with van der Waals surface area (Å²) in [6, 6.07) is 21.3. The minimum Gasteiger partial charge on any atom is -0.309 e. The molecule has 4 aromatic rings. The van der Waals surface area contributed by atoms with Crippen molar-refractivity contribution in [2.45, 2.75) is 13.8 Å². The zero-order chi connectivity index (χ0) is 15.3. The normalized spacial score (nSPS) is 11.4. The van der Waals surface area contributed by atoms with Crippen LogP contribution in [0.1, 0.15) is 11.1 Å². The highest BCUT2D eigenvalue weighted by molar-refractivity contribution is 6.32. The lowest BCUT2D eigenvalue weighted by Gasteiger charge is -2.08. The Hall–Kier alpha value is -2.25. The number of halogens is 1. The van der Waals surface area contributed by atoms with Gasteiger partial charge in [0.05, 0.1) is 11.0 Å². The highest BCUT2D eigenvalue weighted by Gasteiger charge is 2.12. The lowest BCUT2D eigenvalue weighted by Crippen LogP contribution is -1.93. The predicted octanol–water partition coefficient (Wildman–Crippen LogP) is 6.05. The van der Waals surface area contributed by atoms with Crippen LogP contribution in [0.3, 0.4) is 0 Å². The molecule has 0 atom stereocenters. The lowest BCUT2D eigenvalue weighted by molar-refractivity contribution is 1.17. The molecule has 0 radical (unpaired) electrons. The Labute approximate surface area is 134 Å². The number of rotatable bonds is 1. The molecule has 0 N–H and O–H groups in total. The Morgan fingerprint density at radius 2 is 1.27 bits per heavy atom. The molecule has 0 amide bonds. The lowest BCUT2D eigenvalue weighted by atomic mass is 10.1. The maximum atomic E-state index is 6.23. The van der Waals surface area contributed by atoms with Crippen molar-refractivity contribution < 1.29 is 0 Å². The van der Waals surface area contributed by atoms with Crippen molar-refractivity contribution in [1.29, 1.82) is 0 Å². The van der Waals surface area contributed by atoms with Crippen molar-refractivity contribution in [1.82, 2.24) is 4.57 Å². The van der Waals surface area contributed by atoms with Crippen LogP contribution in [0.5, 0.6) is 0 Å². The van der Waals surface area contributed by atoms with Crippen LogP contribution in [0.15, 0.2) is 60.7 Å². The van der Waals surface area contributed by atoms with E-state index in [0.717, 1.165) is 5.02 Å². The zero-order valence-electron chi connectivity index (χ0n) is 12.6. The average Bonchev–Trinajstić information content (AvgIpc) is 2.81. The van der Waals surface area contributed by atoms with Gasteiger partial charge in [0.15, 0.2) is 0 Å². The topological polar surface area (TPSA) is 4.93 Å². The van der Waals surface area contributed by atoms with Gasteiger partial charge in [0.2, 0.25) is 0 Å². The molecule has 108 valence electrons. The van der Waals surface area contributed by atoms with E-state index < -0.39 is 0 Å². The number of hydrogen-bond donors (Lipinski definition) is 0. The van der Waals surface area contributed by atoms with Gasteiger partial charge >= 0.3 is 0 Å². The molecule has 0 aliphatic carbocycles. The summed E-state index contributed by atoms with van der Waals surface area (Å²) in [6.45, 7) is 4.23. The fraction of sp³-hybridized carbons (Fsp3) is 0.100. The minimum absolute atomic E-state index is 0.775. The van der Waals surface area contributed by atoms with E-state index in [0.29, 0.717) is 0 Å². The molecule has 0 aliphatic heterocycles. The third-order valence-electron chi connectivity index (χ3n) is 4.17. The van der Waals surface area contributed by atoms with Gasteiger partial charge in [-0.05, 0) is 56.3 Å². The fourth-order valence-electron chi connectivity index (χ4n) is 3.08. The summed E-state index contributed by atoms with van der Waals surface area (Å²) >= 11 is 6.23. The third kappa shape index (κ3) is 2.01. The molecule has 4 rings (SSSR count). The first-order valence-corrected chi connectivity index (χ1v) is 7.79. The molecule has 0 fully saturated rings. The summed E-state index contributed by atoms with van der Waals surface area (Å²) in [5.41, 5.74) is 6.11. The summed E-state index contributed by atoms with van der Waals surface area (Å²) in [6.07, 6.45) is 0. The predicted molar refractivity (Wildman–Crippen MR) is 95.3 cm³/mol. The van der Waals surface area contributed by atoms with Gasteiger partial charge in [-0.1, -0.05) is 40.9 Å². The molecule has 0 aliphatic rings. The summed E-state index contributed by atoms with van der Waals surface area (Å²) in [5.74, 6) is 0. The summed E-state index contributed by atoms with van der Waals surface area (Å²) < 4.78 is 2.31. The molecule has 0 unspecified atom stereocenters. The number of aromatic nitrogens is 1. The van der Waals surface area contributed by atoms with Gasteiger partial charge in [-0.2, -0.15) is 0 Å².